The molecule has 2 rings (SSSR count). The zero-order chi connectivity index (χ0) is 15.0. The van der Waals surface area contributed by atoms with Crippen molar-refractivity contribution < 1.29 is 19.1 Å². The Morgan fingerprint density at radius 2 is 2.20 bits per heavy atom. The summed E-state index contributed by atoms with van der Waals surface area (Å²) in [5, 5.41) is 4.90. The van der Waals surface area contributed by atoms with Crippen LogP contribution in [0.15, 0.2) is 0 Å². The van der Waals surface area contributed by atoms with Crippen molar-refractivity contribution in [2.75, 3.05) is 20.2 Å². The van der Waals surface area contributed by atoms with Gasteiger partial charge in [-0.15, -0.1) is 0 Å². The number of urea groups is 1. The average Bonchev–Trinajstić information content (AvgIpc) is 2.71. The molecule has 2 atom stereocenters. The molecule has 2 aliphatic heterocycles. The standard InChI is InChI=1S/C13H21N3O4/c1-4-12(2,20-3)10(18)16-7-5-6-13(8-16)9(17)14-11(19)15-13/h4-8H2,1-3H3,(H2,14,15,17,19). The summed E-state index contributed by atoms with van der Waals surface area (Å²) in [6, 6.07) is -0.491. The van der Waals surface area contributed by atoms with Crippen LogP contribution in [0.1, 0.15) is 33.1 Å². The summed E-state index contributed by atoms with van der Waals surface area (Å²) < 4.78 is 5.32. The molecule has 4 amide bonds. The normalized spacial score (nSPS) is 29.1. The molecule has 2 heterocycles. The van der Waals surface area contributed by atoms with Gasteiger partial charge < -0.3 is 15.0 Å². The number of amides is 4. The SMILES string of the molecule is CCC(C)(OC)C(=O)N1CCCC2(C1)NC(=O)NC2=O. The van der Waals surface area contributed by atoms with Gasteiger partial charge in [-0.2, -0.15) is 0 Å². The Bertz CT molecular complexity index is 447. The van der Waals surface area contributed by atoms with E-state index in [9.17, 15) is 14.4 Å². The van der Waals surface area contributed by atoms with Crippen LogP contribution in [-0.2, 0) is 14.3 Å². The van der Waals surface area contributed by atoms with Gasteiger partial charge in [-0.25, -0.2) is 4.79 Å². The Labute approximate surface area is 118 Å². The molecule has 0 aromatic heterocycles. The van der Waals surface area contributed by atoms with Gasteiger partial charge in [0.05, 0.1) is 6.54 Å². The lowest BCUT2D eigenvalue weighted by Crippen LogP contribution is -2.62. The summed E-state index contributed by atoms with van der Waals surface area (Å²) in [7, 11) is 1.51. The third-order valence-corrected chi connectivity index (χ3v) is 4.37. The van der Waals surface area contributed by atoms with Crippen molar-refractivity contribution in [1.82, 2.24) is 15.5 Å². The summed E-state index contributed by atoms with van der Waals surface area (Å²) in [6.45, 7) is 4.39. The summed E-state index contributed by atoms with van der Waals surface area (Å²) in [5.41, 5.74) is -1.87. The van der Waals surface area contributed by atoms with Crippen molar-refractivity contribution in [2.45, 2.75) is 44.2 Å². The van der Waals surface area contributed by atoms with Crippen LogP contribution >= 0.6 is 0 Å². The molecule has 112 valence electrons. The minimum Gasteiger partial charge on any atom is -0.369 e. The molecule has 1 spiro atoms. The van der Waals surface area contributed by atoms with Crippen LogP contribution in [0.2, 0.25) is 0 Å². The van der Waals surface area contributed by atoms with E-state index in [2.05, 4.69) is 10.6 Å². The second-order valence-corrected chi connectivity index (χ2v) is 5.61. The van der Waals surface area contributed by atoms with E-state index in [4.69, 9.17) is 4.74 Å². The summed E-state index contributed by atoms with van der Waals surface area (Å²) >= 11 is 0. The Morgan fingerprint density at radius 3 is 2.70 bits per heavy atom. The number of carbonyl (C=O) groups is 3. The van der Waals surface area contributed by atoms with Gasteiger partial charge >= 0.3 is 6.03 Å². The third-order valence-electron chi connectivity index (χ3n) is 4.37. The molecular formula is C13H21N3O4. The van der Waals surface area contributed by atoms with Crippen LogP contribution in [0.5, 0.6) is 0 Å². The highest BCUT2D eigenvalue weighted by Crippen LogP contribution is 2.27. The second kappa shape index (κ2) is 5.05. The average molecular weight is 283 g/mol. The largest absolute Gasteiger partial charge is 0.369 e. The number of nitrogens with one attached hydrogen (secondary N) is 2. The van der Waals surface area contributed by atoms with E-state index in [-0.39, 0.29) is 18.4 Å². The van der Waals surface area contributed by atoms with E-state index < -0.39 is 17.2 Å². The van der Waals surface area contributed by atoms with Crippen molar-refractivity contribution in [1.29, 1.82) is 0 Å². The third kappa shape index (κ3) is 2.26. The highest BCUT2D eigenvalue weighted by atomic mass is 16.5. The van der Waals surface area contributed by atoms with E-state index in [0.29, 0.717) is 25.8 Å². The monoisotopic (exact) mass is 283 g/mol. The minimum absolute atomic E-state index is 0.143. The number of nitrogens with zero attached hydrogens (tertiary/aromatic N) is 1. The van der Waals surface area contributed by atoms with Gasteiger partial charge in [0, 0.05) is 13.7 Å². The Kier molecular flexibility index (Phi) is 3.73. The van der Waals surface area contributed by atoms with Crippen molar-refractivity contribution in [2.24, 2.45) is 0 Å². The predicted octanol–water partition coefficient (Wildman–Crippen LogP) is 0.00210. The summed E-state index contributed by atoms with van der Waals surface area (Å²) in [5.74, 6) is -0.494. The van der Waals surface area contributed by atoms with Crippen LogP contribution in [-0.4, -0.2) is 54.1 Å². The lowest BCUT2D eigenvalue weighted by molar-refractivity contribution is -0.156. The van der Waals surface area contributed by atoms with E-state index in [1.165, 1.54) is 7.11 Å². The lowest BCUT2D eigenvalue weighted by atomic mass is 9.88. The predicted molar refractivity (Wildman–Crippen MR) is 70.9 cm³/mol. The zero-order valence-corrected chi connectivity index (χ0v) is 12.1. The zero-order valence-electron chi connectivity index (χ0n) is 12.1. The topological polar surface area (TPSA) is 87.7 Å². The van der Waals surface area contributed by atoms with E-state index in [0.717, 1.165) is 0 Å². The molecule has 0 aromatic carbocycles. The molecule has 0 aliphatic carbocycles. The number of piperidine rings is 1. The number of imide groups is 1. The Morgan fingerprint density at radius 1 is 1.50 bits per heavy atom. The number of rotatable bonds is 3. The molecular weight excluding hydrogens is 262 g/mol. The van der Waals surface area contributed by atoms with Crippen LogP contribution in [0, 0.1) is 0 Å². The fourth-order valence-corrected chi connectivity index (χ4v) is 2.76. The number of methoxy groups -OCH3 is 1. The molecule has 2 unspecified atom stereocenters. The summed E-state index contributed by atoms with van der Waals surface area (Å²) in [6.07, 6.45) is 1.76. The fourth-order valence-electron chi connectivity index (χ4n) is 2.76. The van der Waals surface area contributed by atoms with Crippen LogP contribution in [0.4, 0.5) is 4.79 Å². The van der Waals surface area contributed by atoms with Gasteiger partial charge in [0.15, 0.2) is 0 Å². The molecule has 7 heteroatoms. The van der Waals surface area contributed by atoms with Crippen LogP contribution < -0.4 is 10.6 Å². The molecule has 2 saturated heterocycles. The maximum absolute atomic E-state index is 12.6. The molecule has 2 aliphatic rings. The minimum atomic E-state index is -0.979. The number of ether oxygens (including phenoxy) is 1. The lowest BCUT2D eigenvalue weighted by Gasteiger charge is -2.41. The van der Waals surface area contributed by atoms with E-state index in [1.807, 2.05) is 6.92 Å². The van der Waals surface area contributed by atoms with Crippen LogP contribution in [0.25, 0.3) is 0 Å². The fraction of sp³-hybridized carbons (Fsp3) is 0.769. The smallest absolute Gasteiger partial charge is 0.322 e. The molecule has 0 aromatic rings. The second-order valence-electron chi connectivity index (χ2n) is 5.61. The van der Waals surface area contributed by atoms with Gasteiger partial charge in [-0.3, -0.25) is 14.9 Å². The number of carbonyl (C=O) groups excluding carboxylic acids is 3. The Hall–Kier alpha value is -1.63. The first-order chi connectivity index (χ1) is 9.37. The first kappa shape index (κ1) is 14.8. The number of likely N-dealkylation sites (tertiary alicyclic amines) is 1. The Balaban J connectivity index is 2.17. The first-order valence-corrected chi connectivity index (χ1v) is 6.85. The van der Waals surface area contributed by atoms with E-state index in [1.54, 1.807) is 11.8 Å². The molecule has 0 bridgehead atoms. The molecule has 2 N–H and O–H groups in total. The van der Waals surface area contributed by atoms with Gasteiger partial charge in [0.2, 0.25) is 0 Å². The van der Waals surface area contributed by atoms with Crippen molar-refractivity contribution in [3.63, 3.8) is 0 Å². The molecule has 0 saturated carbocycles. The van der Waals surface area contributed by atoms with Gasteiger partial charge in [0.25, 0.3) is 11.8 Å². The van der Waals surface area contributed by atoms with Crippen molar-refractivity contribution in [3.8, 4) is 0 Å². The number of hydrogen-bond donors (Lipinski definition) is 2. The van der Waals surface area contributed by atoms with Crippen molar-refractivity contribution >= 4 is 17.8 Å². The maximum Gasteiger partial charge on any atom is 0.322 e. The quantitative estimate of drug-likeness (QED) is 0.714. The molecule has 2 fully saturated rings. The van der Waals surface area contributed by atoms with Gasteiger partial charge in [-0.05, 0) is 26.2 Å². The highest BCUT2D eigenvalue weighted by molar-refractivity contribution is 6.07. The summed E-state index contributed by atoms with van der Waals surface area (Å²) in [4.78, 5) is 37.5. The maximum atomic E-state index is 12.6. The molecule has 7 nitrogen and oxygen atoms in total. The van der Waals surface area contributed by atoms with E-state index >= 15 is 0 Å². The van der Waals surface area contributed by atoms with Gasteiger partial charge in [0.1, 0.15) is 11.1 Å². The number of hydrogen-bond acceptors (Lipinski definition) is 4. The van der Waals surface area contributed by atoms with Crippen LogP contribution in [0.3, 0.4) is 0 Å². The highest BCUT2D eigenvalue weighted by Gasteiger charge is 2.51. The molecule has 0 radical (unpaired) electrons. The van der Waals surface area contributed by atoms with Gasteiger partial charge in [-0.1, -0.05) is 6.92 Å². The first-order valence-electron chi connectivity index (χ1n) is 6.85. The van der Waals surface area contributed by atoms with Crippen molar-refractivity contribution in [3.05, 3.63) is 0 Å². The molecule has 20 heavy (non-hydrogen) atoms.